The zero-order chi connectivity index (χ0) is 22.0. The number of anilines is 1. The standard InChI is InChI=1S/C21H23F3N4O2S/c22-21(23,24)16-5-6-18(25-13-16)26-8-10-27(11-9-26)19(29)15-3-1-7-28(14-15)20(30)17-4-2-12-31-17/h2,4-6,12-13,15H,1,3,7-11,14H2/t15-/m0/s1. The number of piperazine rings is 1. The normalized spacial score (nSPS) is 20.1. The number of aromatic nitrogens is 1. The molecule has 0 aliphatic carbocycles. The third kappa shape index (κ3) is 4.84. The van der Waals surface area contributed by atoms with E-state index in [1.807, 2.05) is 16.3 Å². The van der Waals surface area contributed by atoms with Crippen molar-refractivity contribution in [2.75, 3.05) is 44.2 Å². The quantitative estimate of drug-likeness (QED) is 0.717. The van der Waals surface area contributed by atoms with Gasteiger partial charge in [-0.05, 0) is 36.4 Å². The molecule has 6 nitrogen and oxygen atoms in total. The average Bonchev–Trinajstić information content (AvgIpc) is 3.33. The van der Waals surface area contributed by atoms with Gasteiger partial charge >= 0.3 is 6.18 Å². The molecular formula is C21H23F3N4O2S. The van der Waals surface area contributed by atoms with Gasteiger partial charge in [-0.1, -0.05) is 6.07 Å². The molecule has 2 amide bonds. The molecule has 2 saturated heterocycles. The van der Waals surface area contributed by atoms with Crippen LogP contribution in [-0.2, 0) is 11.0 Å². The van der Waals surface area contributed by atoms with E-state index in [2.05, 4.69) is 4.98 Å². The Morgan fingerprint density at radius 3 is 2.42 bits per heavy atom. The van der Waals surface area contributed by atoms with Crippen molar-refractivity contribution in [3.8, 4) is 0 Å². The van der Waals surface area contributed by atoms with Gasteiger partial charge in [0.05, 0.1) is 16.4 Å². The van der Waals surface area contributed by atoms with Crippen LogP contribution >= 0.6 is 11.3 Å². The number of alkyl halides is 3. The molecule has 0 saturated carbocycles. The van der Waals surface area contributed by atoms with E-state index >= 15 is 0 Å². The van der Waals surface area contributed by atoms with Gasteiger partial charge in [-0.15, -0.1) is 11.3 Å². The Balaban J connectivity index is 1.32. The third-order valence-corrected chi connectivity index (χ3v) is 6.64. The first-order chi connectivity index (χ1) is 14.8. The van der Waals surface area contributed by atoms with Crippen LogP contribution in [0.1, 0.15) is 28.1 Å². The maximum absolute atomic E-state index is 13.0. The van der Waals surface area contributed by atoms with E-state index < -0.39 is 11.7 Å². The van der Waals surface area contributed by atoms with Crippen molar-refractivity contribution < 1.29 is 22.8 Å². The number of pyridine rings is 1. The van der Waals surface area contributed by atoms with Crippen LogP contribution in [0.25, 0.3) is 0 Å². The summed E-state index contributed by atoms with van der Waals surface area (Å²) >= 11 is 1.40. The lowest BCUT2D eigenvalue weighted by molar-refractivity contribution is -0.138. The first kappa shape index (κ1) is 21.6. The fourth-order valence-corrected chi connectivity index (χ4v) is 4.76. The zero-order valence-electron chi connectivity index (χ0n) is 16.8. The lowest BCUT2D eigenvalue weighted by atomic mass is 9.96. The highest BCUT2D eigenvalue weighted by molar-refractivity contribution is 7.12. The van der Waals surface area contributed by atoms with Crippen molar-refractivity contribution in [1.82, 2.24) is 14.8 Å². The van der Waals surface area contributed by atoms with Crippen molar-refractivity contribution in [3.63, 3.8) is 0 Å². The Bertz CT molecular complexity index is 910. The van der Waals surface area contributed by atoms with E-state index in [9.17, 15) is 22.8 Å². The number of halogens is 3. The molecule has 0 aromatic carbocycles. The summed E-state index contributed by atoms with van der Waals surface area (Å²) < 4.78 is 38.1. The smallest absolute Gasteiger partial charge is 0.353 e. The maximum Gasteiger partial charge on any atom is 0.417 e. The van der Waals surface area contributed by atoms with E-state index in [-0.39, 0.29) is 17.7 Å². The Kier molecular flexibility index (Phi) is 6.17. The van der Waals surface area contributed by atoms with Gasteiger partial charge in [0.15, 0.2) is 0 Å². The van der Waals surface area contributed by atoms with Crippen LogP contribution in [0.2, 0.25) is 0 Å². The van der Waals surface area contributed by atoms with Gasteiger partial charge in [-0.2, -0.15) is 13.2 Å². The lowest BCUT2D eigenvalue weighted by Crippen LogP contribution is -2.53. The monoisotopic (exact) mass is 452 g/mol. The summed E-state index contributed by atoms with van der Waals surface area (Å²) in [6.45, 7) is 3.07. The second-order valence-electron chi connectivity index (χ2n) is 7.78. The predicted molar refractivity (Wildman–Crippen MR) is 111 cm³/mol. The largest absolute Gasteiger partial charge is 0.417 e. The van der Waals surface area contributed by atoms with Gasteiger partial charge in [-0.3, -0.25) is 9.59 Å². The maximum atomic E-state index is 13.0. The highest BCUT2D eigenvalue weighted by atomic mass is 32.1. The fraction of sp³-hybridized carbons (Fsp3) is 0.476. The molecule has 1 atom stereocenters. The molecule has 2 aromatic rings. The van der Waals surface area contributed by atoms with Gasteiger partial charge in [-0.25, -0.2) is 4.98 Å². The molecule has 10 heteroatoms. The summed E-state index contributed by atoms with van der Waals surface area (Å²) in [7, 11) is 0. The number of hydrogen-bond donors (Lipinski definition) is 0. The molecule has 2 aliphatic heterocycles. The van der Waals surface area contributed by atoms with Crippen molar-refractivity contribution >= 4 is 29.0 Å². The Morgan fingerprint density at radius 2 is 1.81 bits per heavy atom. The molecule has 166 valence electrons. The summed E-state index contributed by atoms with van der Waals surface area (Å²) in [6, 6.07) is 6.04. The average molecular weight is 453 g/mol. The highest BCUT2D eigenvalue weighted by Crippen LogP contribution is 2.29. The molecule has 0 unspecified atom stereocenters. The van der Waals surface area contributed by atoms with Gasteiger partial charge in [0, 0.05) is 45.5 Å². The van der Waals surface area contributed by atoms with Crippen LogP contribution in [0.3, 0.4) is 0 Å². The minimum atomic E-state index is -4.41. The Hall–Kier alpha value is -2.62. The first-order valence-corrected chi connectivity index (χ1v) is 11.1. The minimum absolute atomic E-state index is 0.0225. The summed E-state index contributed by atoms with van der Waals surface area (Å²) in [5.74, 6) is 0.285. The van der Waals surface area contributed by atoms with Gasteiger partial charge in [0.25, 0.3) is 5.91 Å². The second-order valence-corrected chi connectivity index (χ2v) is 8.73. The van der Waals surface area contributed by atoms with Crippen LogP contribution in [0.4, 0.5) is 19.0 Å². The number of carbonyl (C=O) groups is 2. The number of thiophene rings is 1. The van der Waals surface area contributed by atoms with Gasteiger partial charge in [0.1, 0.15) is 5.82 Å². The highest BCUT2D eigenvalue weighted by Gasteiger charge is 2.34. The second kappa shape index (κ2) is 8.86. The summed E-state index contributed by atoms with van der Waals surface area (Å²) in [6.07, 6.45) is -2.01. The molecule has 2 aromatic heterocycles. The van der Waals surface area contributed by atoms with Crippen molar-refractivity contribution in [3.05, 3.63) is 46.3 Å². The minimum Gasteiger partial charge on any atom is -0.353 e. The molecule has 0 spiro atoms. The third-order valence-electron chi connectivity index (χ3n) is 5.78. The topological polar surface area (TPSA) is 56.8 Å². The molecule has 2 fully saturated rings. The van der Waals surface area contributed by atoms with E-state index in [1.165, 1.54) is 17.4 Å². The summed E-state index contributed by atoms with van der Waals surface area (Å²) in [5.41, 5.74) is -0.774. The van der Waals surface area contributed by atoms with Crippen LogP contribution in [0, 0.1) is 5.92 Å². The van der Waals surface area contributed by atoms with Gasteiger partial charge < -0.3 is 14.7 Å². The molecular weight excluding hydrogens is 429 g/mol. The summed E-state index contributed by atoms with van der Waals surface area (Å²) in [4.78, 5) is 35.7. The van der Waals surface area contributed by atoms with Crippen LogP contribution < -0.4 is 4.90 Å². The predicted octanol–water partition coefficient (Wildman–Crippen LogP) is 3.36. The molecule has 4 rings (SSSR count). The molecule has 31 heavy (non-hydrogen) atoms. The van der Waals surface area contributed by atoms with Gasteiger partial charge in [0.2, 0.25) is 5.91 Å². The van der Waals surface area contributed by atoms with Crippen LogP contribution in [0.5, 0.6) is 0 Å². The van der Waals surface area contributed by atoms with E-state index in [0.29, 0.717) is 50.0 Å². The lowest BCUT2D eigenvalue weighted by Gasteiger charge is -2.39. The van der Waals surface area contributed by atoms with E-state index in [4.69, 9.17) is 0 Å². The molecule has 4 heterocycles. The SMILES string of the molecule is O=C(c1cccs1)N1CCC[C@H](C(=O)N2CCN(c3ccc(C(F)(F)F)cn3)CC2)C1. The van der Waals surface area contributed by atoms with Crippen molar-refractivity contribution in [1.29, 1.82) is 0 Å². The first-order valence-electron chi connectivity index (χ1n) is 10.2. The number of likely N-dealkylation sites (tertiary alicyclic amines) is 1. The Morgan fingerprint density at radius 1 is 1.03 bits per heavy atom. The van der Waals surface area contributed by atoms with Crippen molar-refractivity contribution in [2.24, 2.45) is 5.92 Å². The number of nitrogens with zero attached hydrogens (tertiary/aromatic N) is 4. The van der Waals surface area contributed by atoms with Crippen molar-refractivity contribution in [2.45, 2.75) is 19.0 Å². The number of amides is 2. The molecule has 0 radical (unpaired) electrons. The Labute approximate surface area is 182 Å². The molecule has 0 N–H and O–H groups in total. The number of hydrogen-bond acceptors (Lipinski definition) is 5. The number of carbonyl (C=O) groups excluding carboxylic acids is 2. The number of piperidine rings is 1. The molecule has 2 aliphatic rings. The van der Waals surface area contributed by atoms with Crippen LogP contribution in [-0.4, -0.2) is 65.9 Å². The van der Waals surface area contributed by atoms with Crippen LogP contribution in [0.15, 0.2) is 35.8 Å². The number of rotatable bonds is 3. The fourth-order valence-electron chi connectivity index (χ4n) is 4.07. The molecule has 0 bridgehead atoms. The van der Waals surface area contributed by atoms with E-state index in [1.54, 1.807) is 15.9 Å². The zero-order valence-corrected chi connectivity index (χ0v) is 17.7. The van der Waals surface area contributed by atoms with E-state index in [0.717, 1.165) is 25.1 Å². The summed E-state index contributed by atoms with van der Waals surface area (Å²) in [5, 5.41) is 1.87.